The van der Waals surface area contributed by atoms with Crippen molar-refractivity contribution in [2.75, 3.05) is 0 Å². The second-order valence-corrected chi connectivity index (χ2v) is 4.61. The predicted octanol–water partition coefficient (Wildman–Crippen LogP) is 2.07. The second-order valence-electron chi connectivity index (χ2n) is 4.61. The van der Waals surface area contributed by atoms with Crippen LogP contribution in [0.25, 0.3) is 10.9 Å². The van der Waals surface area contributed by atoms with E-state index in [-0.39, 0.29) is 0 Å². The molecule has 0 saturated carbocycles. The molecule has 0 aliphatic heterocycles. The molecule has 0 aliphatic rings. The molecular formula is C16H14BNO. The minimum Gasteiger partial charge on any atom is -0.487 e. The lowest BCUT2D eigenvalue weighted by molar-refractivity contribution is 0.309. The molecule has 0 bridgehead atoms. The SMILES string of the molecule is Bc1cnc2c(OCc3ccccc3)cccc2c1. The Kier molecular flexibility index (Phi) is 3.19. The summed E-state index contributed by atoms with van der Waals surface area (Å²) >= 11 is 0. The minimum atomic E-state index is 0.565. The summed E-state index contributed by atoms with van der Waals surface area (Å²) in [5, 5.41) is 1.12. The fourth-order valence-corrected chi connectivity index (χ4v) is 2.09. The van der Waals surface area contributed by atoms with Gasteiger partial charge in [-0.2, -0.15) is 0 Å². The molecule has 92 valence electrons. The monoisotopic (exact) mass is 247 g/mol. The van der Waals surface area contributed by atoms with Gasteiger partial charge >= 0.3 is 0 Å². The molecule has 0 saturated heterocycles. The Morgan fingerprint density at radius 2 is 1.84 bits per heavy atom. The fourth-order valence-electron chi connectivity index (χ4n) is 2.09. The second kappa shape index (κ2) is 5.15. The van der Waals surface area contributed by atoms with Crippen LogP contribution in [0.15, 0.2) is 60.8 Å². The average Bonchev–Trinajstić information content (AvgIpc) is 2.45. The Bertz CT molecular complexity index is 697. The van der Waals surface area contributed by atoms with Crippen molar-refractivity contribution in [3.05, 3.63) is 66.4 Å². The van der Waals surface area contributed by atoms with E-state index in [1.54, 1.807) is 0 Å². The summed E-state index contributed by atoms with van der Waals surface area (Å²) in [5.74, 6) is 0.835. The topological polar surface area (TPSA) is 22.1 Å². The molecule has 1 heterocycles. The molecule has 0 fully saturated rings. The van der Waals surface area contributed by atoms with E-state index in [2.05, 4.69) is 29.2 Å². The third-order valence-corrected chi connectivity index (χ3v) is 3.05. The molecule has 1 aromatic heterocycles. The van der Waals surface area contributed by atoms with Gasteiger partial charge in [-0.3, -0.25) is 4.98 Å². The van der Waals surface area contributed by atoms with Gasteiger partial charge in [-0.15, -0.1) is 0 Å². The Hall–Kier alpha value is -2.29. The number of ether oxygens (including phenoxy) is 1. The molecule has 2 nitrogen and oxygen atoms in total. The Balaban J connectivity index is 1.89. The first kappa shape index (κ1) is 11.8. The largest absolute Gasteiger partial charge is 0.487 e. The lowest BCUT2D eigenvalue weighted by Gasteiger charge is -2.09. The Morgan fingerprint density at radius 3 is 2.68 bits per heavy atom. The smallest absolute Gasteiger partial charge is 0.146 e. The molecule has 2 aromatic carbocycles. The third kappa shape index (κ3) is 2.60. The molecule has 0 atom stereocenters. The first-order valence-corrected chi connectivity index (χ1v) is 6.35. The summed E-state index contributed by atoms with van der Waals surface area (Å²) in [5.41, 5.74) is 3.24. The number of hydrogen-bond acceptors (Lipinski definition) is 2. The fraction of sp³-hybridized carbons (Fsp3) is 0.0625. The van der Waals surface area contributed by atoms with Crippen molar-refractivity contribution in [3.63, 3.8) is 0 Å². The van der Waals surface area contributed by atoms with Gasteiger partial charge < -0.3 is 4.74 Å². The zero-order chi connectivity index (χ0) is 13.1. The lowest BCUT2D eigenvalue weighted by atomic mass is 9.97. The highest BCUT2D eigenvalue weighted by Crippen LogP contribution is 2.23. The van der Waals surface area contributed by atoms with Crippen LogP contribution in [-0.2, 0) is 6.61 Å². The van der Waals surface area contributed by atoms with Gasteiger partial charge in [0, 0.05) is 11.6 Å². The van der Waals surface area contributed by atoms with Crippen LogP contribution in [0.1, 0.15) is 5.56 Å². The molecule has 0 N–H and O–H groups in total. The van der Waals surface area contributed by atoms with E-state index < -0.39 is 0 Å². The van der Waals surface area contributed by atoms with Gasteiger partial charge in [-0.05, 0) is 11.6 Å². The van der Waals surface area contributed by atoms with Crippen molar-refractivity contribution < 1.29 is 4.74 Å². The zero-order valence-electron chi connectivity index (χ0n) is 10.8. The summed E-state index contributed by atoms with van der Waals surface area (Å²) in [4.78, 5) is 4.47. The molecule has 3 rings (SSSR count). The molecule has 0 aliphatic carbocycles. The maximum atomic E-state index is 5.88. The van der Waals surface area contributed by atoms with Crippen molar-refractivity contribution in [1.82, 2.24) is 4.98 Å². The van der Waals surface area contributed by atoms with Gasteiger partial charge in [0.25, 0.3) is 0 Å². The van der Waals surface area contributed by atoms with Gasteiger partial charge in [-0.25, -0.2) is 0 Å². The Labute approximate surface area is 113 Å². The number of pyridine rings is 1. The number of hydrogen-bond donors (Lipinski definition) is 0. The standard InChI is InChI=1S/C16H14BNO/c17-14-9-13-7-4-8-15(16(13)18-10-14)19-11-12-5-2-1-3-6-12/h1-10H,11,17H2. The van der Waals surface area contributed by atoms with Gasteiger partial charge in [0.05, 0.1) is 0 Å². The summed E-state index contributed by atoms with van der Waals surface area (Å²) in [7, 11) is 2.05. The van der Waals surface area contributed by atoms with Crippen LogP contribution in [0.4, 0.5) is 0 Å². The van der Waals surface area contributed by atoms with E-state index >= 15 is 0 Å². The molecule has 0 unspecified atom stereocenters. The summed E-state index contributed by atoms with van der Waals surface area (Å²) in [6.07, 6.45) is 1.87. The number of para-hydroxylation sites is 1. The summed E-state index contributed by atoms with van der Waals surface area (Å²) in [6.45, 7) is 0.565. The highest BCUT2D eigenvalue weighted by Gasteiger charge is 2.03. The van der Waals surface area contributed by atoms with Crippen molar-refractivity contribution in [2.24, 2.45) is 0 Å². The van der Waals surface area contributed by atoms with Crippen molar-refractivity contribution >= 4 is 24.2 Å². The highest BCUT2D eigenvalue weighted by molar-refractivity contribution is 6.32. The van der Waals surface area contributed by atoms with E-state index in [0.29, 0.717) is 6.61 Å². The molecule has 3 aromatic rings. The van der Waals surface area contributed by atoms with Crippen LogP contribution >= 0.6 is 0 Å². The van der Waals surface area contributed by atoms with Crippen LogP contribution < -0.4 is 10.2 Å². The average molecular weight is 247 g/mol. The van der Waals surface area contributed by atoms with Crippen molar-refractivity contribution in [2.45, 2.75) is 6.61 Å². The molecule has 0 amide bonds. The number of benzene rings is 2. The van der Waals surface area contributed by atoms with Crippen molar-refractivity contribution in [1.29, 1.82) is 0 Å². The van der Waals surface area contributed by atoms with Gasteiger partial charge in [0.15, 0.2) is 0 Å². The van der Waals surface area contributed by atoms with Gasteiger partial charge in [0.1, 0.15) is 25.7 Å². The molecule has 19 heavy (non-hydrogen) atoms. The predicted molar refractivity (Wildman–Crippen MR) is 80.7 cm³/mol. The first-order chi connectivity index (χ1) is 9.33. The van der Waals surface area contributed by atoms with Crippen molar-refractivity contribution in [3.8, 4) is 5.75 Å². The van der Waals surface area contributed by atoms with Gasteiger partial charge in [-0.1, -0.05) is 54.0 Å². The van der Waals surface area contributed by atoms with Crippen LogP contribution in [-0.4, -0.2) is 12.8 Å². The quantitative estimate of drug-likeness (QED) is 0.661. The molecule has 3 heteroatoms. The first-order valence-electron chi connectivity index (χ1n) is 6.35. The van der Waals surface area contributed by atoms with Crippen LogP contribution in [0, 0.1) is 0 Å². The lowest BCUT2D eigenvalue weighted by Crippen LogP contribution is -2.03. The van der Waals surface area contributed by atoms with E-state index in [1.165, 1.54) is 0 Å². The molecule has 0 spiro atoms. The van der Waals surface area contributed by atoms with Gasteiger partial charge in [0.2, 0.25) is 0 Å². The van der Waals surface area contributed by atoms with E-state index in [1.807, 2.05) is 44.4 Å². The van der Waals surface area contributed by atoms with E-state index in [9.17, 15) is 0 Å². The Morgan fingerprint density at radius 1 is 1.00 bits per heavy atom. The summed E-state index contributed by atoms with van der Waals surface area (Å²) < 4.78 is 5.88. The minimum absolute atomic E-state index is 0.565. The number of rotatable bonds is 3. The molecular weight excluding hydrogens is 233 g/mol. The van der Waals surface area contributed by atoms with E-state index in [0.717, 1.165) is 27.7 Å². The number of fused-ring (bicyclic) bond motifs is 1. The summed E-state index contributed by atoms with van der Waals surface area (Å²) in [6, 6.07) is 18.3. The maximum Gasteiger partial charge on any atom is 0.146 e. The van der Waals surface area contributed by atoms with E-state index in [4.69, 9.17) is 4.74 Å². The third-order valence-electron chi connectivity index (χ3n) is 3.05. The maximum absolute atomic E-state index is 5.88. The van der Waals surface area contributed by atoms with Crippen LogP contribution in [0.3, 0.4) is 0 Å². The van der Waals surface area contributed by atoms with Crippen LogP contribution in [0.2, 0.25) is 0 Å². The normalized spacial score (nSPS) is 10.5. The number of nitrogens with zero attached hydrogens (tertiary/aromatic N) is 1. The molecule has 0 radical (unpaired) electrons. The number of aromatic nitrogens is 1. The van der Waals surface area contributed by atoms with Crippen LogP contribution in [0.5, 0.6) is 5.75 Å². The highest BCUT2D eigenvalue weighted by atomic mass is 16.5. The zero-order valence-corrected chi connectivity index (χ0v) is 10.8.